The number of Topliss-reactive ketones (excluding diaryl/α,β-unsaturated/α-hetero) is 1. The standard InChI is InChI=1S/C13H17BrO2/c1-8(15)13(14)7-11(13)9-4-10(16)6-12(2,3)5-9/h4,11H,5-7H2,1-3H3/t11-,13-/m0/s1. The van der Waals surface area contributed by atoms with Crippen LogP contribution in [0.3, 0.4) is 0 Å². The SMILES string of the molecule is CC(=O)[C@@]1(Br)C[C@H]1C1=CC(=O)CC(C)(C)C1. The first-order valence-corrected chi connectivity index (χ1v) is 6.47. The average Bonchev–Trinajstić information content (AvgIpc) is 2.75. The first kappa shape index (κ1) is 12.0. The van der Waals surface area contributed by atoms with Gasteiger partial charge in [0.05, 0.1) is 4.32 Å². The zero-order valence-corrected chi connectivity index (χ0v) is 11.6. The number of halogens is 1. The second-order valence-corrected chi connectivity index (χ2v) is 7.29. The predicted octanol–water partition coefficient (Wildman–Crippen LogP) is 3.04. The van der Waals surface area contributed by atoms with Gasteiger partial charge in [0.1, 0.15) is 5.78 Å². The van der Waals surface area contributed by atoms with Crippen LogP contribution in [0.15, 0.2) is 11.6 Å². The summed E-state index contributed by atoms with van der Waals surface area (Å²) in [5.74, 6) is 0.624. The van der Waals surface area contributed by atoms with Gasteiger partial charge in [-0.2, -0.15) is 0 Å². The fourth-order valence-electron chi connectivity index (χ4n) is 2.67. The van der Waals surface area contributed by atoms with E-state index in [-0.39, 0.29) is 27.2 Å². The smallest absolute Gasteiger partial charge is 0.156 e. The summed E-state index contributed by atoms with van der Waals surface area (Å²) in [5, 5.41) is 0. The molecule has 0 aromatic rings. The minimum Gasteiger partial charge on any atom is -0.298 e. The third-order valence-electron chi connectivity index (χ3n) is 3.61. The number of hydrogen-bond acceptors (Lipinski definition) is 2. The Kier molecular flexibility index (Phi) is 2.65. The Balaban J connectivity index is 2.19. The summed E-state index contributed by atoms with van der Waals surface area (Å²) in [6.45, 7) is 5.85. The number of ketones is 2. The van der Waals surface area contributed by atoms with Crippen LogP contribution in [0, 0.1) is 11.3 Å². The normalized spacial score (nSPS) is 36.9. The molecule has 0 aromatic heterocycles. The van der Waals surface area contributed by atoms with Gasteiger partial charge in [0.2, 0.25) is 0 Å². The van der Waals surface area contributed by atoms with Crippen molar-refractivity contribution in [2.75, 3.05) is 0 Å². The maximum Gasteiger partial charge on any atom is 0.156 e. The molecule has 1 fully saturated rings. The Labute approximate surface area is 105 Å². The monoisotopic (exact) mass is 284 g/mol. The molecule has 3 heteroatoms. The molecule has 0 bridgehead atoms. The van der Waals surface area contributed by atoms with Crippen molar-refractivity contribution in [1.29, 1.82) is 0 Å². The zero-order valence-electron chi connectivity index (χ0n) is 9.97. The van der Waals surface area contributed by atoms with Gasteiger partial charge in [0.15, 0.2) is 5.78 Å². The van der Waals surface area contributed by atoms with Crippen LogP contribution in [0.5, 0.6) is 0 Å². The summed E-state index contributed by atoms with van der Waals surface area (Å²) in [5.41, 5.74) is 1.21. The Morgan fingerprint density at radius 3 is 2.50 bits per heavy atom. The topological polar surface area (TPSA) is 34.1 Å². The Morgan fingerprint density at radius 1 is 1.44 bits per heavy atom. The van der Waals surface area contributed by atoms with E-state index in [0.717, 1.165) is 18.4 Å². The molecule has 2 aliphatic carbocycles. The zero-order chi connectivity index (χ0) is 12.1. The van der Waals surface area contributed by atoms with Gasteiger partial charge in [-0.05, 0) is 31.3 Å². The van der Waals surface area contributed by atoms with Gasteiger partial charge >= 0.3 is 0 Å². The van der Waals surface area contributed by atoms with Gasteiger partial charge in [0, 0.05) is 12.3 Å². The first-order chi connectivity index (χ1) is 7.24. The highest BCUT2D eigenvalue weighted by molar-refractivity contribution is 9.10. The van der Waals surface area contributed by atoms with Gasteiger partial charge in [-0.15, -0.1) is 0 Å². The minimum absolute atomic E-state index is 0.0501. The van der Waals surface area contributed by atoms with E-state index < -0.39 is 0 Å². The van der Waals surface area contributed by atoms with Crippen molar-refractivity contribution in [2.24, 2.45) is 11.3 Å². The summed E-state index contributed by atoms with van der Waals surface area (Å²) in [6, 6.07) is 0. The first-order valence-electron chi connectivity index (χ1n) is 5.68. The van der Waals surface area contributed by atoms with E-state index in [1.165, 1.54) is 0 Å². The molecule has 0 N–H and O–H groups in total. The predicted molar refractivity (Wildman–Crippen MR) is 66.6 cm³/mol. The largest absolute Gasteiger partial charge is 0.298 e. The molecule has 2 atom stereocenters. The molecule has 1 saturated carbocycles. The van der Waals surface area contributed by atoms with Crippen LogP contribution in [0.2, 0.25) is 0 Å². The number of hydrogen-bond donors (Lipinski definition) is 0. The lowest BCUT2D eigenvalue weighted by Gasteiger charge is -2.29. The number of carbonyl (C=O) groups excluding carboxylic acids is 2. The van der Waals surface area contributed by atoms with Crippen LogP contribution >= 0.6 is 15.9 Å². The van der Waals surface area contributed by atoms with E-state index in [0.29, 0.717) is 6.42 Å². The molecular weight excluding hydrogens is 268 g/mol. The summed E-state index contributed by atoms with van der Waals surface area (Å²) in [6.07, 6.45) is 4.17. The van der Waals surface area contributed by atoms with Gasteiger partial charge in [-0.1, -0.05) is 35.4 Å². The maximum atomic E-state index is 11.6. The second kappa shape index (κ2) is 3.52. The number of rotatable bonds is 2. The summed E-state index contributed by atoms with van der Waals surface area (Å²) in [7, 11) is 0. The van der Waals surface area contributed by atoms with Crippen LogP contribution in [-0.2, 0) is 9.59 Å². The van der Waals surface area contributed by atoms with Crippen molar-refractivity contribution in [3.63, 3.8) is 0 Å². The molecule has 2 aliphatic rings. The minimum atomic E-state index is -0.369. The second-order valence-electron chi connectivity index (χ2n) is 5.88. The molecule has 0 aliphatic heterocycles. The van der Waals surface area contributed by atoms with E-state index in [2.05, 4.69) is 29.8 Å². The molecule has 16 heavy (non-hydrogen) atoms. The molecule has 0 heterocycles. The van der Waals surface area contributed by atoms with Crippen molar-refractivity contribution < 1.29 is 9.59 Å². The van der Waals surface area contributed by atoms with Crippen LogP contribution in [0.1, 0.15) is 40.0 Å². The molecule has 2 rings (SSSR count). The molecule has 0 spiro atoms. The average molecular weight is 285 g/mol. The van der Waals surface area contributed by atoms with Crippen LogP contribution in [0.25, 0.3) is 0 Å². The number of carbonyl (C=O) groups is 2. The van der Waals surface area contributed by atoms with Crippen molar-refractivity contribution in [3.05, 3.63) is 11.6 Å². The fourth-order valence-corrected chi connectivity index (χ4v) is 3.29. The summed E-state index contributed by atoms with van der Waals surface area (Å²) >= 11 is 3.51. The summed E-state index contributed by atoms with van der Waals surface area (Å²) < 4.78 is -0.369. The molecule has 88 valence electrons. The van der Waals surface area contributed by atoms with Crippen molar-refractivity contribution in [3.8, 4) is 0 Å². The van der Waals surface area contributed by atoms with Gasteiger partial charge in [0.25, 0.3) is 0 Å². The fraction of sp³-hybridized carbons (Fsp3) is 0.692. The van der Waals surface area contributed by atoms with Crippen molar-refractivity contribution in [2.45, 2.75) is 44.4 Å². The van der Waals surface area contributed by atoms with Crippen molar-refractivity contribution in [1.82, 2.24) is 0 Å². The van der Waals surface area contributed by atoms with Crippen LogP contribution in [-0.4, -0.2) is 15.9 Å². The lowest BCUT2D eigenvalue weighted by molar-refractivity contribution is -0.118. The third kappa shape index (κ3) is 2.02. The maximum absolute atomic E-state index is 11.6. The molecule has 0 amide bonds. The highest BCUT2D eigenvalue weighted by atomic mass is 79.9. The molecule has 2 nitrogen and oxygen atoms in total. The summed E-state index contributed by atoms with van der Waals surface area (Å²) in [4.78, 5) is 23.1. The quantitative estimate of drug-likeness (QED) is 0.731. The van der Waals surface area contributed by atoms with Crippen LogP contribution < -0.4 is 0 Å². The number of alkyl halides is 1. The molecule has 0 aromatic carbocycles. The van der Waals surface area contributed by atoms with E-state index in [4.69, 9.17) is 0 Å². The van der Waals surface area contributed by atoms with Crippen LogP contribution in [0.4, 0.5) is 0 Å². The Bertz CT molecular complexity index is 395. The van der Waals surface area contributed by atoms with Crippen molar-refractivity contribution >= 4 is 27.5 Å². The highest BCUT2D eigenvalue weighted by Gasteiger charge is 2.58. The third-order valence-corrected chi connectivity index (χ3v) is 5.04. The molecular formula is C13H17BrO2. The Hall–Kier alpha value is -0.440. The molecule has 0 radical (unpaired) electrons. The highest BCUT2D eigenvalue weighted by Crippen LogP contribution is 2.58. The van der Waals surface area contributed by atoms with E-state index >= 15 is 0 Å². The Morgan fingerprint density at radius 2 is 2.06 bits per heavy atom. The van der Waals surface area contributed by atoms with E-state index in [9.17, 15) is 9.59 Å². The van der Waals surface area contributed by atoms with E-state index in [1.807, 2.05) is 0 Å². The lowest BCUT2D eigenvalue weighted by Crippen LogP contribution is -2.24. The van der Waals surface area contributed by atoms with E-state index in [1.54, 1.807) is 13.0 Å². The number of allylic oxidation sites excluding steroid dienone is 2. The molecule has 0 saturated heterocycles. The van der Waals surface area contributed by atoms with Gasteiger partial charge < -0.3 is 0 Å². The van der Waals surface area contributed by atoms with Gasteiger partial charge in [-0.3, -0.25) is 9.59 Å². The molecule has 0 unspecified atom stereocenters. The lowest BCUT2D eigenvalue weighted by atomic mass is 9.75. The van der Waals surface area contributed by atoms with Gasteiger partial charge in [-0.25, -0.2) is 0 Å².